The van der Waals surface area contributed by atoms with Gasteiger partial charge in [-0.15, -0.1) is 0 Å². The van der Waals surface area contributed by atoms with Gasteiger partial charge in [-0.05, 0) is 6.92 Å². The van der Waals surface area contributed by atoms with Gasteiger partial charge in [-0.25, -0.2) is 0 Å². The molecule has 0 radical (unpaired) electrons. The van der Waals surface area contributed by atoms with E-state index >= 15 is 0 Å². The van der Waals surface area contributed by atoms with Crippen LogP contribution in [0.1, 0.15) is 20.8 Å². The van der Waals surface area contributed by atoms with Crippen LogP contribution in [0.4, 0.5) is 0 Å². The summed E-state index contributed by atoms with van der Waals surface area (Å²) in [4.78, 5) is 0. The summed E-state index contributed by atoms with van der Waals surface area (Å²) in [6.07, 6.45) is 0. The van der Waals surface area contributed by atoms with Gasteiger partial charge in [0.05, 0.1) is 12.1 Å². The summed E-state index contributed by atoms with van der Waals surface area (Å²) in [5, 5.41) is 14.6. The first-order valence-electron chi connectivity index (χ1n) is 3.17. The maximum atomic E-state index is 7.32. The molecule has 1 atom stereocenters. The van der Waals surface area contributed by atoms with E-state index in [1.807, 2.05) is 6.92 Å². The van der Waals surface area contributed by atoms with Gasteiger partial charge in [0, 0.05) is 26.4 Å². The fourth-order valence-corrected chi connectivity index (χ4v) is 0. The van der Waals surface area contributed by atoms with Crippen LogP contribution >= 0.6 is 0 Å². The molecule has 4 heteroatoms. The van der Waals surface area contributed by atoms with Crippen LogP contribution in [0.25, 0.3) is 0 Å². The van der Waals surface area contributed by atoms with Crippen LogP contribution in [0, 0.1) is 22.7 Å². The number of nitrogens with two attached hydrogens (primary N) is 2. The Hall–Kier alpha value is -1.10. The van der Waals surface area contributed by atoms with Gasteiger partial charge < -0.3 is 11.5 Å². The van der Waals surface area contributed by atoms with Crippen molar-refractivity contribution in [1.29, 1.82) is 10.5 Å². The molecule has 0 fully saturated rings. The summed E-state index contributed by atoms with van der Waals surface area (Å²) in [5.41, 5.74) is 10.2. The molecule has 0 aromatic rings. The molecule has 0 aromatic heterocycles. The van der Waals surface area contributed by atoms with E-state index in [0.29, 0.717) is 6.54 Å². The SMILES string of the molecule is CC#N.CC#N.CC(N)CN. The van der Waals surface area contributed by atoms with Crippen LogP contribution in [0.3, 0.4) is 0 Å². The zero-order chi connectivity index (χ0) is 9.70. The topological polar surface area (TPSA) is 99.6 Å². The van der Waals surface area contributed by atoms with Crippen LogP contribution in [0.2, 0.25) is 0 Å². The molecule has 64 valence electrons. The molecule has 0 aromatic carbocycles. The molecule has 0 aliphatic rings. The first-order chi connectivity index (χ1) is 5.10. The van der Waals surface area contributed by atoms with Crippen LogP contribution in [0.15, 0.2) is 0 Å². The smallest absolute Gasteiger partial charge is 0.0587 e. The highest BCUT2D eigenvalue weighted by Gasteiger charge is 1.79. The van der Waals surface area contributed by atoms with Crippen molar-refractivity contribution in [3.05, 3.63) is 0 Å². The van der Waals surface area contributed by atoms with Gasteiger partial charge in [0.25, 0.3) is 0 Å². The number of rotatable bonds is 1. The average Bonchev–Trinajstić information content (AvgIpc) is 1.91. The van der Waals surface area contributed by atoms with E-state index in [4.69, 9.17) is 22.0 Å². The summed E-state index contributed by atoms with van der Waals surface area (Å²) in [6, 6.07) is 3.66. The van der Waals surface area contributed by atoms with Crippen molar-refractivity contribution in [2.45, 2.75) is 26.8 Å². The number of nitrogens with zero attached hydrogens (tertiary/aromatic N) is 2. The van der Waals surface area contributed by atoms with Gasteiger partial charge in [0.1, 0.15) is 0 Å². The fourth-order valence-electron chi connectivity index (χ4n) is 0. The summed E-state index contributed by atoms with van der Waals surface area (Å²) < 4.78 is 0. The van der Waals surface area contributed by atoms with Crippen molar-refractivity contribution < 1.29 is 0 Å². The highest BCUT2D eigenvalue weighted by atomic mass is 14.7. The molecule has 4 N–H and O–H groups in total. The summed E-state index contributed by atoms with van der Waals surface area (Å²) >= 11 is 0. The fraction of sp³-hybridized carbons (Fsp3) is 0.714. The molecule has 0 saturated heterocycles. The Kier molecular flexibility index (Phi) is 34.6. The van der Waals surface area contributed by atoms with Gasteiger partial charge in [-0.1, -0.05) is 0 Å². The van der Waals surface area contributed by atoms with Gasteiger partial charge in [0.15, 0.2) is 0 Å². The molecule has 4 nitrogen and oxygen atoms in total. The monoisotopic (exact) mass is 156 g/mol. The summed E-state index contributed by atoms with van der Waals surface area (Å²) in [6.45, 7) is 5.32. The third-order valence-electron chi connectivity index (χ3n) is 0.372. The van der Waals surface area contributed by atoms with E-state index in [1.165, 1.54) is 13.8 Å². The quantitative estimate of drug-likeness (QED) is 0.572. The van der Waals surface area contributed by atoms with Crippen LogP contribution < -0.4 is 11.5 Å². The second kappa shape index (κ2) is 23.1. The van der Waals surface area contributed by atoms with E-state index < -0.39 is 0 Å². The third-order valence-corrected chi connectivity index (χ3v) is 0.372. The lowest BCUT2D eigenvalue weighted by Gasteiger charge is -1.92. The van der Waals surface area contributed by atoms with Crippen molar-refractivity contribution in [3.8, 4) is 12.1 Å². The molecule has 0 aliphatic heterocycles. The second-order valence-corrected chi connectivity index (χ2v) is 1.66. The minimum atomic E-state index is 0.162. The van der Waals surface area contributed by atoms with Crippen molar-refractivity contribution in [2.75, 3.05) is 6.54 Å². The molecule has 1 unspecified atom stereocenters. The van der Waals surface area contributed by atoms with Crippen LogP contribution in [-0.2, 0) is 0 Å². The Morgan fingerprint density at radius 3 is 1.36 bits per heavy atom. The molecular formula is C7H16N4. The lowest BCUT2D eigenvalue weighted by molar-refractivity contribution is 0.752. The van der Waals surface area contributed by atoms with Crippen LogP contribution in [-0.4, -0.2) is 12.6 Å². The Morgan fingerprint density at radius 2 is 1.36 bits per heavy atom. The molecule has 0 amide bonds. The van der Waals surface area contributed by atoms with Gasteiger partial charge in [0.2, 0.25) is 0 Å². The highest BCUT2D eigenvalue weighted by Crippen LogP contribution is 1.59. The largest absolute Gasteiger partial charge is 0.329 e. The normalized spacial score (nSPS) is 8.27. The summed E-state index contributed by atoms with van der Waals surface area (Å²) in [7, 11) is 0. The van der Waals surface area contributed by atoms with Gasteiger partial charge >= 0.3 is 0 Å². The minimum Gasteiger partial charge on any atom is -0.329 e. The summed E-state index contributed by atoms with van der Waals surface area (Å²) in [5.74, 6) is 0. The Labute approximate surface area is 68.4 Å². The Morgan fingerprint density at radius 1 is 1.27 bits per heavy atom. The zero-order valence-corrected chi connectivity index (χ0v) is 7.33. The Balaban J connectivity index is -0.0000000933. The second-order valence-electron chi connectivity index (χ2n) is 1.66. The van der Waals surface area contributed by atoms with Gasteiger partial charge in [-0.3, -0.25) is 0 Å². The van der Waals surface area contributed by atoms with E-state index in [0.717, 1.165) is 0 Å². The van der Waals surface area contributed by atoms with E-state index in [1.54, 1.807) is 12.1 Å². The van der Waals surface area contributed by atoms with E-state index in [-0.39, 0.29) is 6.04 Å². The lowest BCUT2D eigenvalue weighted by Crippen LogP contribution is -2.25. The molecule has 11 heavy (non-hydrogen) atoms. The maximum Gasteiger partial charge on any atom is 0.0587 e. The predicted octanol–water partition coefficient (Wildman–Crippen LogP) is 0.352. The van der Waals surface area contributed by atoms with Crippen molar-refractivity contribution in [1.82, 2.24) is 0 Å². The number of hydrogen-bond acceptors (Lipinski definition) is 4. The van der Waals surface area contributed by atoms with Gasteiger partial charge in [-0.2, -0.15) is 10.5 Å². The zero-order valence-electron chi connectivity index (χ0n) is 7.33. The predicted molar refractivity (Wildman–Crippen MR) is 45.3 cm³/mol. The van der Waals surface area contributed by atoms with Crippen molar-refractivity contribution in [3.63, 3.8) is 0 Å². The molecule has 0 aliphatic carbocycles. The molecule has 0 rings (SSSR count). The molecule has 0 bridgehead atoms. The first-order valence-corrected chi connectivity index (χ1v) is 3.17. The first kappa shape index (κ1) is 16.5. The minimum absolute atomic E-state index is 0.162. The van der Waals surface area contributed by atoms with E-state index in [9.17, 15) is 0 Å². The standard InChI is InChI=1S/C3H10N2.2C2H3N/c1-3(5)2-4;2*1-2-3/h3H,2,4-5H2,1H3;2*1H3. The van der Waals surface area contributed by atoms with Crippen molar-refractivity contribution >= 4 is 0 Å². The van der Waals surface area contributed by atoms with E-state index in [2.05, 4.69) is 0 Å². The number of nitriles is 2. The molecular weight excluding hydrogens is 140 g/mol. The lowest BCUT2D eigenvalue weighted by atomic mass is 10.4. The molecule has 0 saturated carbocycles. The molecule has 0 spiro atoms. The highest BCUT2D eigenvalue weighted by molar-refractivity contribution is 4.51. The van der Waals surface area contributed by atoms with Crippen molar-refractivity contribution in [2.24, 2.45) is 11.5 Å². The maximum absolute atomic E-state index is 7.32. The third kappa shape index (κ3) is 523. The average molecular weight is 156 g/mol. The molecule has 0 heterocycles. The Bertz CT molecular complexity index is 105. The van der Waals surface area contributed by atoms with Crippen LogP contribution in [0.5, 0.6) is 0 Å². The number of hydrogen-bond donors (Lipinski definition) is 2.